The number of ether oxygens (including phenoxy) is 1. The van der Waals surface area contributed by atoms with Crippen LogP contribution in [0, 0.1) is 0 Å². The van der Waals surface area contributed by atoms with Gasteiger partial charge in [-0.1, -0.05) is 6.07 Å². The molecule has 1 aromatic carbocycles. The van der Waals surface area contributed by atoms with Crippen molar-refractivity contribution in [3.05, 3.63) is 23.8 Å². The predicted molar refractivity (Wildman–Crippen MR) is 83.1 cm³/mol. The van der Waals surface area contributed by atoms with E-state index in [9.17, 15) is 4.79 Å². The SMILES string of the molecule is CCOC(=O)c1cccc(NCCN(C)C(C)C)c1N. The second-order valence-corrected chi connectivity index (χ2v) is 4.99. The molecule has 0 amide bonds. The monoisotopic (exact) mass is 279 g/mol. The number of para-hydroxylation sites is 1. The van der Waals surface area contributed by atoms with Crippen molar-refractivity contribution in [3.8, 4) is 0 Å². The lowest BCUT2D eigenvalue weighted by atomic mass is 10.1. The third-order valence-corrected chi connectivity index (χ3v) is 3.26. The van der Waals surface area contributed by atoms with Gasteiger partial charge in [0.1, 0.15) is 0 Å². The molecule has 3 N–H and O–H groups in total. The molecule has 0 saturated carbocycles. The Morgan fingerprint density at radius 1 is 1.45 bits per heavy atom. The molecule has 0 spiro atoms. The van der Waals surface area contributed by atoms with Crippen LogP contribution in [0.2, 0.25) is 0 Å². The van der Waals surface area contributed by atoms with Gasteiger partial charge in [-0.05, 0) is 40.0 Å². The topological polar surface area (TPSA) is 67.6 Å². The summed E-state index contributed by atoms with van der Waals surface area (Å²) in [6.07, 6.45) is 0. The number of nitrogens with zero attached hydrogens (tertiary/aromatic N) is 1. The molecule has 0 aromatic heterocycles. The van der Waals surface area contributed by atoms with Crippen LogP contribution in [-0.4, -0.2) is 43.7 Å². The lowest BCUT2D eigenvalue weighted by Crippen LogP contribution is -2.31. The minimum absolute atomic E-state index is 0.342. The summed E-state index contributed by atoms with van der Waals surface area (Å²) in [5.74, 6) is -0.382. The van der Waals surface area contributed by atoms with Gasteiger partial charge < -0.3 is 20.7 Å². The lowest BCUT2D eigenvalue weighted by molar-refractivity contribution is 0.0527. The van der Waals surface area contributed by atoms with Crippen LogP contribution in [0.3, 0.4) is 0 Å². The molecule has 112 valence electrons. The Kier molecular flexibility index (Phi) is 6.31. The predicted octanol–water partition coefficient (Wildman–Crippen LogP) is 2.20. The number of benzene rings is 1. The molecule has 0 heterocycles. The quantitative estimate of drug-likeness (QED) is 0.591. The molecule has 0 aliphatic heterocycles. The van der Waals surface area contributed by atoms with Crippen molar-refractivity contribution in [3.63, 3.8) is 0 Å². The Bertz CT molecular complexity index is 447. The summed E-state index contributed by atoms with van der Waals surface area (Å²) in [4.78, 5) is 14.0. The van der Waals surface area contributed by atoms with Gasteiger partial charge in [0.05, 0.1) is 23.5 Å². The van der Waals surface area contributed by atoms with Crippen molar-refractivity contribution in [2.45, 2.75) is 26.8 Å². The zero-order chi connectivity index (χ0) is 15.1. The highest BCUT2D eigenvalue weighted by Crippen LogP contribution is 2.23. The number of nitrogens with two attached hydrogens (primary N) is 1. The molecule has 0 aliphatic rings. The fraction of sp³-hybridized carbons (Fsp3) is 0.533. The van der Waals surface area contributed by atoms with Gasteiger partial charge in [-0.2, -0.15) is 0 Å². The number of anilines is 2. The van der Waals surface area contributed by atoms with Gasteiger partial charge in [0, 0.05) is 19.1 Å². The highest BCUT2D eigenvalue weighted by molar-refractivity contribution is 5.98. The van der Waals surface area contributed by atoms with E-state index in [0.717, 1.165) is 18.8 Å². The van der Waals surface area contributed by atoms with Gasteiger partial charge in [-0.25, -0.2) is 4.79 Å². The zero-order valence-electron chi connectivity index (χ0n) is 12.8. The summed E-state index contributed by atoms with van der Waals surface area (Å²) in [5, 5.41) is 3.26. The average molecular weight is 279 g/mol. The van der Waals surface area contributed by atoms with Crippen molar-refractivity contribution in [2.75, 3.05) is 37.8 Å². The van der Waals surface area contributed by atoms with Crippen LogP contribution in [0.15, 0.2) is 18.2 Å². The Balaban J connectivity index is 2.67. The second-order valence-electron chi connectivity index (χ2n) is 4.99. The number of likely N-dealkylation sites (N-methyl/N-ethyl adjacent to an activating group) is 1. The molecule has 5 heteroatoms. The van der Waals surface area contributed by atoms with Crippen molar-refractivity contribution < 1.29 is 9.53 Å². The molecule has 1 rings (SSSR count). The van der Waals surface area contributed by atoms with E-state index in [-0.39, 0.29) is 5.97 Å². The minimum atomic E-state index is -0.382. The molecule has 1 aromatic rings. The van der Waals surface area contributed by atoms with E-state index in [0.29, 0.717) is 23.9 Å². The smallest absolute Gasteiger partial charge is 0.340 e. The van der Waals surface area contributed by atoms with Gasteiger partial charge >= 0.3 is 5.97 Å². The Labute approximate surface area is 121 Å². The Morgan fingerprint density at radius 3 is 2.75 bits per heavy atom. The number of carbonyl (C=O) groups is 1. The van der Waals surface area contributed by atoms with Crippen molar-refractivity contribution in [1.29, 1.82) is 0 Å². The molecule has 0 unspecified atom stereocenters. The lowest BCUT2D eigenvalue weighted by Gasteiger charge is -2.21. The fourth-order valence-electron chi connectivity index (χ4n) is 1.73. The van der Waals surface area contributed by atoms with Crippen molar-refractivity contribution in [2.24, 2.45) is 0 Å². The third-order valence-electron chi connectivity index (χ3n) is 3.26. The zero-order valence-corrected chi connectivity index (χ0v) is 12.8. The fourth-order valence-corrected chi connectivity index (χ4v) is 1.73. The summed E-state index contributed by atoms with van der Waals surface area (Å²) in [7, 11) is 2.07. The second kappa shape index (κ2) is 7.75. The highest BCUT2D eigenvalue weighted by Gasteiger charge is 2.13. The number of carbonyl (C=O) groups excluding carboxylic acids is 1. The first-order chi connectivity index (χ1) is 9.47. The van der Waals surface area contributed by atoms with Crippen molar-refractivity contribution >= 4 is 17.3 Å². The normalized spacial score (nSPS) is 10.9. The summed E-state index contributed by atoms with van der Waals surface area (Å²) in [6.45, 7) is 8.09. The van der Waals surface area contributed by atoms with Crippen LogP contribution in [0.1, 0.15) is 31.1 Å². The maximum atomic E-state index is 11.8. The number of hydrogen-bond donors (Lipinski definition) is 2. The number of hydrogen-bond acceptors (Lipinski definition) is 5. The van der Waals surface area contributed by atoms with Gasteiger partial charge in [-0.3, -0.25) is 0 Å². The molecule has 20 heavy (non-hydrogen) atoms. The first kappa shape index (κ1) is 16.3. The van der Waals surface area contributed by atoms with Crippen LogP contribution in [0.5, 0.6) is 0 Å². The number of nitrogen functional groups attached to an aromatic ring is 1. The highest BCUT2D eigenvalue weighted by atomic mass is 16.5. The van der Waals surface area contributed by atoms with E-state index in [1.165, 1.54) is 0 Å². The van der Waals surface area contributed by atoms with Gasteiger partial charge in [0.25, 0.3) is 0 Å². The summed E-state index contributed by atoms with van der Waals surface area (Å²) < 4.78 is 4.98. The molecule has 0 saturated heterocycles. The summed E-state index contributed by atoms with van der Waals surface area (Å²) in [5.41, 5.74) is 7.64. The van der Waals surface area contributed by atoms with Crippen molar-refractivity contribution in [1.82, 2.24) is 4.90 Å². The maximum absolute atomic E-state index is 11.8. The van der Waals surface area contributed by atoms with E-state index in [1.54, 1.807) is 19.1 Å². The third kappa shape index (κ3) is 4.42. The van der Waals surface area contributed by atoms with Crippen LogP contribution >= 0.6 is 0 Å². The first-order valence-corrected chi connectivity index (χ1v) is 6.97. The standard InChI is InChI=1S/C15H25N3O2/c1-5-20-15(19)12-7-6-8-13(14(12)16)17-9-10-18(4)11(2)3/h6-8,11,17H,5,9-10,16H2,1-4H3. The van der Waals surface area contributed by atoms with Gasteiger partial charge in [0.15, 0.2) is 0 Å². The first-order valence-electron chi connectivity index (χ1n) is 6.97. The molecule has 0 atom stereocenters. The number of rotatable bonds is 7. The largest absolute Gasteiger partial charge is 0.462 e. The number of nitrogens with one attached hydrogen (secondary N) is 1. The van der Waals surface area contributed by atoms with E-state index in [2.05, 4.69) is 31.1 Å². The van der Waals surface area contributed by atoms with E-state index in [4.69, 9.17) is 10.5 Å². The molecule has 0 radical (unpaired) electrons. The van der Waals surface area contributed by atoms with Crippen LogP contribution < -0.4 is 11.1 Å². The molecule has 0 aliphatic carbocycles. The Morgan fingerprint density at radius 2 is 2.15 bits per heavy atom. The van der Waals surface area contributed by atoms with E-state index >= 15 is 0 Å². The van der Waals surface area contributed by atoms with E-state index < -0.39 is 0 Å². The van der Waals surface area contributed by atoms with E-state index in [1.807, 2.05) is 6.07 Å². The molecule has 0 fully saturated rings. The van der Waals surface area contributed by atoms with Gasteiger partial charge in [-0.15, -0.1) is 0 Å². The van der Waals surface area contributed by atoms with Crippen LogP contribution in [0.25, 0.3) is 0 Å². The molecule has 0 bridgehead atoms. The minimum Gasteiger partial charge on any atom is -0.462 e. The number of esters is 1. The molecular weight excluding hydrogens is 254 g/mol. The van der Waals surface area contributed by atoms with Crippen LogP contribution in [-0.2, 0) is 4.74 Å². The Hall–Kier alpha value is -1.75. The van der Waals surface area contributed by atoms with Gasteiger partial charge in [0.2, 0.25) is 0 Å². The average Bonchev–Trinajstić information content (AvgIpc) is 2.40. The van der Waals surface area contributed by atoms with Crippen LogP contribution in [0.4, 0.5) is 11.4 Å². The summed E-state index contributed by atoms with van der Waals surface area (Å²) in [6, 6.07) is 5.85. The molecular formula is C15H25N3O2. The summed E-state index contributed by atoms with van der Waals surface area (Å²) >= 11 is 0. The molecule has 5 nitrogen and oxygen atoms in total. The maximum Gasteiger partial charge on any atom is 0.340 e.